The number of nitrogens with one attached hydrogen (secondary N) is 1. The third-order valence-electron chi connectivity index (χ3n) is 3.73. The lowest BCUT2D eigenvalue weighted by molar-refractivity contribution is 0.0599. The number of hydrogen-bond donors (Lipinski definition) is 1. The third kappa shape index (κ3) is 5.30. The Balaban J connectivity index is 0.00000288. The molecule has 0 unspecified atom stereocenters. The molecule has 0 radical (unpaired) electrons. The lowest BCUT2D eigenvalue weighted by Gasteiger charge is -2.39. The highest BCUT2D eigenvalue weighted by atomic mass is 127. The summed E-state index contributed by atoms with van der Waals surface area (Å²) in [5.41, 5.74) is 0.467. The highest BCUT2D eigenvalue weighted by Crippen LogP contribution is 2.29. The third-order valence-corrected chi connectivity index (χ3v) is 5.03. The van der Waals surface area contributed by atoms with Crippen LogP contribution in [-0.4, -0.2) is 54.6 Å². The van der Waals surface area contributed by atoms with Gasteiger partial charge in [-0.2, -0.15) is 11.8 Å². The van der Waals surface area contributed by atoms with Crippen LogP contribution in [0.4, 0.5) is 0 Å². The zero-order valence-corrected chi connectivity index (χ0v) is 18.0. The van der Waals surface area contributed by atoms with E-state index >= 15 is 0 Å². The second kappa shape index (κ2) is 8.98. The Labute approximate surface area is 164 Å². The smallest absolute Gasteiger partial charge is 0.341 e. The Bertz CT molecular complexity index is 601. The van der Waals surface area contributed by atoms with E-state index in [9.17, 15) is 4.79 Å². The number of aliphatic imine (C=N–C) groups is 1. The van der Waals surface area contributed by atoms with Crippen molar-refractivity contribution >= 4 is 47.7 Å². The van der Waals surface area contributed by atoms with Gasteiger partial charge >= 0.3 is 5.97 Å². The van der Waals surface area contributed by atoms with Crippen LogP contribution in [-0.2, 0) is 11.3 Å². The molecular formula is C16H26IN3O3S. The van der Waals surface area contributed by atoms with Crippen molar-refractivity contribution in [2.75, 3.05) is 33.0 Å². The summed E-state index contributed by atoms with van der Waals surface area (Å²) in [6, 6.07) is 1.72. The molecule has 1 aliphatic heterocycles. The van der Waals surface area contributed by atoms with Crippen LogP contribution in [0.15, 0.2) is 15.5 Å². The molecule has 136 valence electrons. The summed E-state index contributed by atoms with van der Waals surface area (Å²) in [6.45, 7) is 8.65. The molecule has 2 heterocycles. The van der Waals surface area contributed by atoms with Gasteiger partial charge in [0.05, 0.1) is 13.7 Å². The van der Waals surface area contributed by atoms with E-state index < -0.39 is 0 Å². The van der Waals surface area contributed by atoms with Crippen molar-refractivity contribution in [1.82, 2.24) is 10.2 Å². The van der Waals surface area contributed by atoms with E-state index in [0.717, 1.165) is 24.8 Å². The maximum absolute atomic E-state index is 11.6. The number of hydrogen-bond acceptors (Lipinski definition) is 5. The first-order valence-corrected chi connectivity index (χ1v) is 8.62. The minimum Gasteiger partial charge on any atom is -0.465 e. The standard InChI is InChI=1S/C16H25N3O3S.HI/c1-11-13(14(20)21-5)8-12(22-11)9-18-15(17-4)19-6-7-23-16(2,3)10-19;/h8H,6-7,9-10H2,1-5H3,(H,17,18);1H. The molecule has 6 nitrogen and oxygen atoms in total. The highest BCUT2D eigenvalue weighted by molar-refractivity contribution is 14.0. The highest BCUT2D eigenvalue weighted by Gasteiger charge is 2.28. The van der Waals surface area contributed by atoms with Crippen molar-refractivity contribution in [3.63, 3.8) is 0 Å². The number of aryl methyl sites for hydroxylation is 1. The molecule has 24 heavy (non-hydrogen) atoms. The van der Waals surface area contributed by atoms with Crippen LogP contribution in [0.5, 0.6) is 0 Å². The van der Waals surface area contributed by atoms with Crippen LogP contribution in [0.3, 0.4) is 0 Å². The Morgan fingerprint density at radius 2 is 2.25 bits per heavy atom. The molecule has 0 amide bonds. The molecular weight excluding hydrogens is 441 g/mol. The van der Waals surface area contributed by atoms with Crippen molar-refractivity contribution in [3.05, 3.63) is 23.2 Å². The number of furan rings is 1. The second-order valence-corrected chi connectivity index (χ2v) is 7.91. The summed E-state index contributed by atoms with van der Waals surface area (Å²) in [5.74, 6) is 2.82. The molecule has 0 saturated carbocycles. The number of methoxy groups -OCH3 is 1. The normalized spacial score (nSPS) is 17.2. The van der Waals surface area contributed by atoms with E-state index in [1.807, 2.05) is 11.8 Å². The number of carbonyl (C=O) groups is 1. The SMILES string of the molecule is CN=C(NCc1cc(C(=O)OC)c(C)o1)N1CCSC(C)(C)C1.I. The molecule has 1 fully saturated rings. The quantitative estimate of drug-likeness (QED) is 0.319. The van der Waals surface area contributed by atoms with Gasteiger partial charge < -0.3 is 19.4 Å². The second-order valence-electron chi connectivity index (χ2n) is 6.10. The van der Waals surface area contributed by atoms with Crippen molar-refractivity contribution in [2.24, 2.45) is 4.99 Å². The van der Waals surface area contributed by atoms with Crippen LogP contribution in [0.25, 0.3) is 0 Å². The Hall–Kier alpha value is -0.900. The minimum atomic E-state index is -0.378. The first kappa shape index (κ1) is 21.1. The monoisotopic (exact) mass is 467 g/mol. The van der Waals surface area contributed by atoms with Crippen LogP contribution in [0.1, 0.15) is 35.7 Å². The fraction of sp³-hybridized carbons (Fsp3) is 0.625. The molecule has 0 aliphatic carbocycles. The summed E-state index contributed by atoms with van der Waals surface area (Å²) >= 11 is 1.98. The average molecular weight is 467 g/mol. The predicted molar refractivity (Wildman–Crippen MR) is 109 cm³/mol. The number of guanidine groups is 1. The number of nitrogens with zero attached hydrogens (tertiary/aromatic N) is 2. The lowest BCUT2D eigenvalue weighted by Crippen LogP contribution is -2.50. The largest absolute Gasteiger partial charge is 0.465 e. The molecule has 1 aliphatic rings. The van der Waals surface area contributed by atoms with E-state index in [0.29, 0.717) is 23.6 Å². The zero-order valence-electron chi connectivity index (χ0n) is 14.8. The van der Waals surface area contributed by atoms with Gasteiger partial charge in [-0.05, 0) is 26.8 Å². The van der Waals surface area contributed by atoms with E-state index in [-0.39, 0.29) is 34.7 Å². The minimum absolute atomic E-state index is 0. The Kier molecular flexibility index (Phi) is 7.91. The van der Waals surface area contributed by atoms with E-state index in [2.05, 4.69) is 29.1 Å². The number of halogens is 1. The molecule has 2 rings (SSSR count). The van der Waals surface area contributed by atoms with Gasteiger partial charge in [0, 0.05) is 30.6 Å². The van der Waals surface area contributed by atoms with Crippen molar-refractivity contribution in [2.45, 2.75) is 32.1 Å². The summed E-state index contributed by atoms with van der Waals surface area (Å²) in [4.78, 5) is 18.2. The fourth-order valence-electron chi connectivity index (χ4n) is 2.64. The van der Waals surface area contributed by atoms with Gasteiger partial charge in [-0.25, -0.2) is 4.79 Å². The molecule has 8 heteroatoms. The van der Waals surface area contributed by atoms with Gasteiger partial charge in [0.25, 0.3) is 0 Å². The first-order valence-electron chi connectivity index (χ1n) is 7.63. The van der Waals surface area contributed by atoms with Crippen molar-refractivity contribution < 1.29 is 13.9 Å². The number of rotatable bonds is 3. The van der Waals surface area contributed by atoms with Gasteiger partial charge in [0.15, 0.2) is 5.96 Å². The topological polar surface area (TPSA) is 67.1 Å². The average Bonchev–Trinajstić information content (AvgIpc) is 2.87. The lowest BCUT2D eigenvalue weighted by atomic mass is 10.2. The molecule has 0 aromatic carbocycles. The molecule has 0 atom stereocenters. The van der Waals surface area contributed by atoms with E-state index in [4.69, 9.17) is 9.15 Å². The molecule has 1 aromatic rings. The van der Waals surface area contributed by atoms with Crippen LogP contribution in [0, 0.1) is 6.92 Å². The number of thioether (sulfide) groups is 1. The molecule has 0 spiro atoms. The van der Waals surface area contributed by atoms with E-state index in [1.54, 1.807) is 20.0 Å². The zero-order chi connectivity index (χ0) is 17.0. The predicted octanol–water partition coefficient (Wildman–Crippen LogP) is 2.90. The van der Waals surface area contributed by atoms with Gasteiger partial charge in [0.2, 0.25) is 0 Å². The van der Waals surface area contributed by atoms with Gasteiger partial charge in [-0.3, -0.25) is 4.99 Å². The molecule has 0 bridgehead atoms. The van der Waals surface area contributed by atoms with Gasteiger partial charge in [-0.1, -0.05) is 0 Å². The van der Waals surface area contributed by atoms with E-state index in [1.165, 1.54) is 7.11 Å². The Morgan fingerprint density at radius 1 is 1.54 bits per heavy atom. The van der Waals surface area contributed by atoms with Crippen LogP contribution in [0.2, 0.25) is 0 Å². The maximum atomic E-state index is 11.6. The van der Waals surface area contributed by atoms with Gasteiger partial charge in [-0.15, -0.1) is 24.0 Å². The molecule has 1 saturated heterocycles. The Morgan fingerprint density at radius 3 is 2.83 bits per heavy atom. The van der Waals surface area contributed by atoms with Crippen molar-refractivity contribution in [3.8, 4) is 0 Å². The van der Waals surface area contributed by atoms with Crippen molar-refractivity contribution in [1.29, 1.82) is 0 Å². The summed E-state index contributed by atoms with van der Waals surface area (Å²) in [7, 11) is 3.15. The number of carbonyl (C=O) groups excluding carboxylic acids is 1. The number of ether oxygens (including phenoxy) is 1. The first-order chi connectivity index (χ1) is 10.9. The van der Waals surface area contributed by atoms with Gasteiger partial charge in [0.1, 0.15) is 17.1 Å². The number of esters is 1. The summed E-state index contributed by atoms with van der Waals surface area (Å²) in [6.07, 6.45) is 0. The summed E-state index contributed by atoms with van der Waals surface area (Å²) < 4.78 is 10.6. The molecule has 1 N–H and O–H groups in total. The molecule has 1 aromatic heterocycles. The summed E-state index contributed by atoms with van der Waals surface area (Å²) in [5, 5.41) is 3.31. The maximum Gasteiger partial charge on any atom is 0.341 e. The van der Waals surface area contributed by atoms with Crippen LogP contribution >= 0.6 is 35.7 Å². The van der Waals surface area contributed by atoms with Crippen LogP contribution < -0.4 is 5.32 Å². The fourth-order valence-corrected chi connectivity index (χ4v) is 3.75.